The fourth-order valence-corrected chi connectivity index (χ4v) is 2.31. The second-order valence-corrected chi connectivity index (χ2v) is 5.07. The van der Waals surface area contributed by atoms with E-state index in [-0.39, 0.29) is 5.82 Å². The van der Waals surface area contributed by atoms with Gasteiger partial charge in [-0.25, -0.2) is 4.39 Å². The second-order valence-electron chi connectivity index (χ2n) is 5.07. The van der Waals surface area contributed by atoms with Crippen LogP contribution >= 0.6 is 0 Å². The Morgan fingerprint density at radius 3 is 2.60 bits per heavy atom. The Labute approximate surface area is 119 Å². The van der Waals surface area contributed by atoms with Gasteiger partial charge in [0.1, 0.15) is 5.82 Å². The highest BCUT2D eigenvalue weighted by molar-refractivity contribution is 5.52. The molecule has 0 spiro atoms. The van der Waals surface area contributed by atoms with Gasteiger partial charge in [-0.15, -0.1) is 0 Å². The molecule has 1 unspecified atom stereocenters. The second kappa shape index (κ2) is 6.53. The van der Waals surface area contributed by atoms with E-state index in [2.05, 4.69) is 24.0 Å². The molecule has 0 aliphatic heterocycles. The van der Waals surface area contributed by atoms with Gasteiger partial charge in [-0.2, -0.15) is 0 Å². The number of aliphatic hydroxyl groups excluding tert-OH is 1. The van der Waals surface area contributed by atoms with E-state index in [9.17, 15) is 9.50 Å². The van der Waals surface area contributed by atoms with Crippen LogP contribution in [0.15, 0.2) is 48.5 Å². The Kier molecular flexibility index (Phi) is 4.74. The van der Waals surface area contributed by atoms with Gasteiger partial charge in [0.05, 0.1) is 6.10 Å². The number of hydrogen-bond donors (Lipinski definition) is 1. The topological polar surface area (TPSA) is 23.5 Å². The van der Waals surface area contributed by atoms with Gasteiger partial charge in [0.15, 0.2) is 0 Å². The molecule has 2 aromatic carbocycles. The zero-order valence-corrected chi connectivity index (χ0v) is 11.9. The number of benzene rings is 2. The third-order valence-corrected chi connectivity index (χ3v) is 3.50. The molecule has 0 heterocycles. The summed E-state index contributed by atoms with van der Waals surface area (Å²) in [6.45, 7) is 2.78. The van der Waals surface area contributed by atoms with E-state index in [0.29, 0.717) is 18.5 Å². The van der Waals surface area contributed by atoms with Crippen molar-refractivity contribution in [1.82, 2.24) is 0 Å². The molecule has 106 valence electrons. The molecule has 0 aromatic heterocycles. The van der Waals surface area contributed by atoms with E-state index >= 15 is 0 Å². The Morgan fingerprint density at radius 2 is 1.90 bits per heavy atom. The summed E-state index contributed by atoms with van der Waals surface area (Å²) in [7, 11) is 2.00. The Morgan fingerprint density at radius 1 is 1.15 bits per heavy atom. The first-order chi connectivity index (χ1) is 9.58. The number of nitrogens with zero attached hydrogens (tertiary/aromatic N) is 1. The highest BCUT2D eigenvalue weighted by Crippen LogP contribution is 2.21. The first-order valence-electron chi connectivity index (χ1n) is 6.78. The molecule has 0 bridgehead atoms. The average molecular weight is 273 g/mol. The molecular weight excluding hydrogens is 253 g/mol. The van der Waals surface area contributed by atoms with E-state index < -0.39 is 6.10 Å². The van der Waals surface area contributed by atoms with E-state index in [1.165, 1.54) is 17.7 Å². The quantitative estimate of drug-likeness (QED) is 0.898. The maximum atomic E-state index is 13.1. The molecule has 2 aromatic rings. The molecule has 0 saturated carbocycles. The molecule has 1 N–H and O–H groups in total. The van der Waals surface area contributed by atoms with Crippen molar-refractivity contribution in [1.29, 1.82) is 0 Å². The van der Waals surface area contributed by atoms with Crippen molar-refractivity contribution in [3.05, 3.63) is 65.5 Å². The zero-order chi connectivity index (χ0) is 14.5. The molecule has 0 fully saturated rings. The maximum Gasteiger partial charge on any atom is 0.123 e. The lowest BCUT2D eigenvalue weighted by Gasteiger charge is -2.23. The maximum absolute atomic E-state index is 13.1. The van der Waals surface area contributed by atoms with Gasteiger partial charge in [-0.1, -0.05) is 30.3 Å². The average Bonchev–Trinajstić information content (AvgIpc) is 2.45. The van der Waals surface area contributed by atoms with Crippen LogP contribution in [0, 0.1) is 12.7 Å². The monoisotopic (exact) mass is 273 g/mol. The molecular formula is C17H20FNO. The van der Waals surface area contributed by atoms with Crippen LogP contribution in [0.5, 0.6) is 0 Å². The van der Waals surface area contributed by atoms with Crippen LogP contribution in [-0.4, -0.2) is 18.7 Å². The Balaban J connectivity index is 1.97. The summed E-state index contributed by atoms with van der Waals surface area (Å²) in [5.41, 5.74) is 2.98. The highest BCUT2D eigenvalue weighted by atomic mass is 19.1. The first kappa shape index (κ1) is 14.5. The molecule has 2 nitrogen and oxygen atoms in total. The Hall–Kier alpha value is -1.87. The third-order valence-electron chi connectivity index (χ3n) is 3.50. The number of para-hydroxylation sites is 1. The van der Waals surface area contributed by atoms with Crippen LogP contribution in [-0.2, 0) is 0 Å². The highest BCUT2D eigenvalue weighted by Gasteiger charge is 2.11. The van der Waals surface area contributed by atoms with Crippen LogP contribution in [0.4, 0.5) is 10.1 Å². The van der Waals surface area contributed by atoms with Crippen LogP contribution in [0.2, 0.25) is 0 Å². The fraction of sp³-hybridized carbons (Fsp3) is 0.294. The lowest BCUT2D eigenvalue weighted by atomic mass is 10.1. The number of anilines is 1. The molecule has 0 radical (unpaired) electrons. The molecule has 0 aliphatic rings. The van der Waals surface area contributed by atoms with Gasteiger partial charge >= 0.3 is 0 Å². The van der Waals surface area contributed by atoms with E-state index in [0.717, 1.165) is 5.69 Å². The standard InChI is InChI=1S/C17H20FNO/c1-13-6-3-4-9-16(13)19(2)11-10-17(20)14-7-5-8-15(18)12-14/h3-9,12,17,20H,10-11H2,1-2H3. The lowest BCUT2D eigenvalue weighted by molar-refractivity contribution is 0.169. The summed E-state index contributed by atoms with van der Waals surface area (Å²) < 4.78 is 13.1. The van der Waals surface area contributed by atoms with Crippen molar-refractivity contribution >= 4 is 5.69 Å². The Bertz CT molecular complexity index is 570. The molecule has 0 amide bonds. The number of rotatable bonds is 5. The summed E-state index contributed by atoms with van der Waals surface area (Å²) in [5, 5.41) is 10.1. The smallest absolute Gasteiger partial charge is 0.123 e. The van der Waals surface area contributed by atoms with Crippen molar-refractivity contribution in [2.24, 2.45) is 0 Å². The molecule has 3 heteroatoms. The molecule has 0 saturated heterocycles. The van der Waals surface area contributed by atoms with Crippen molar-refractivity contribution in [2.75, 3.05) is 18.5 Å². The minimum Gasteiger partial charge on any atom is -0.388 e. The SMILES string of the molecule is Cc1ccccc1N(C)CCC(O)c1cccc(F)c1. The first-order valence-corrected chi connectivity index (χ1v) is 6.78. The number of halogens is 1. The van der Waals surface area contributed by atoms with Gasteiger partial charge in [-0.05, 0) is 42.7 Å². The molecule has 1 atom stereocenters. The number of aryl methyl sites for hydroxylation is 1. The van der Waals surface area contributed by atoms with E-state index in [4.69, 9.17) is 0 Å². The fourth-order valence-electron chi connectivity index (χ4n) is 2.31. The van der Waals surface area contributed by atoms with Crippen LogP contribution < -0.4 is 4.90 Å². The summed E-state index contributed by atoms with van der Waals surface area (Å²) in [6.07, 6.45) is -0.0777. The third kappa shape index (κ3) is 3.58. The van der Waals surface area contributed by atoms with Crippen molar-refractivity contribution in [2.45, 2.75) is 19.4 Å². The number of aliphatic hydroxyl groups is 1. The predicted octanol–water partition coefficient (Wildman–Crippen LogP) is 3.69. The van der Waals surface area contributed by atoms with E-state index in [1.54, 1.807) is 12.1 Å². The van der Waals surface area contributed by atoms with Gasteiger partial charge in [0, 0.05) is 19.3 Å². The molecule has 0 aliphatic carbocycles. The normalized spacial score (nSPS) is 12.2. The van der Waals surface area contributed by atoms with Gasteiger partial charge in [0.2, 0.25) is 0 Å². The summed E-state index contributed by atoms with van der Waals surface area (Å²) in [4.78, 5) is 2.11. The predicted molar refractivity (Wildman–Crippen MR) is 80.4 cm³/mol. The summed E-state index contributed by atoms with van der Waals surface area (Å²) in [5.74, 6) is -0.311. The molecule has 2 rings (SSSR count). The number of hydrogen-bond acceptors (Lipinski definition) is 2. The van der Waals surface area contributed by atoms with Crippen molar-refractivity contribution < 1.29 is 9.50 Å². The minimum atomic E-state index is -0.642. The van der Waals surface area contributed by atoms with Gasteiger partial charge < -0.3 is 10.0 Å². The van der Waals surface area contributed by atoms with Gasteiger partial charge in [0.25, 0.3) is 0 Å². The largest absolute Gasteiger partial charge is 0.388 e. The summed E-state index contributed by atoms with van der Waals surface area (Å²) in [6, 6.07) is 14.3. The minimum absolute atomic E-state index is 0.311. The van der Waals surface area contributed by atoms with Gasteiger partial charge in [-0.3, -0.25) is 0 Å². The van der Waals surface area contributed by atoms with Crippen molar-refractivity contribution in [3.8, 4) is 0 Å². The van der Waals surface area contributed by atoms with Crippen LogP contribution in [0.1, 0.15) is 23.7 Å². The molecule has 20 heavy (non-hydrogen) atoms. The zero-order valence-electron chi connectivity index (χ0n) is 11.9. The summed E-state index contributed by atoms with van der Waals surface area (Å²) >= 11 is 0. The van der Waals surface area contributed by atoms with Crippen LogP contribution in [0.25, 0.3) is 0 Å². The lowest BCUT2D eigenvalue weighted by Crippen LogP contribution is -2.21. The van der Waals surface area contributed by atoms with Crippen LogP contribution in [0.3, 0.4) is 0 Å². The van der Waals surface area contributed by atoms with Crippen molar-refractivity contribution in [3.63, 3.8) is 0 Å². The van der Waals surface area contributed by atoms with E-state index in [1.807, 2.05) is 19.2 Å².